The fraction of sp³-hybridized carbons (Fsp3) is 0.722. The van der Waals surface area contributed by atoms with Crippen LogP contribution in [-0.2, 0) is 6.42 Å². The quantitative estimate of drug-likeness (QED) is 0.767. The van der Waals surface area contributed by atoms with Gasteiger partial charge in [0.25, 0.3) is 5.91 Å². The summed E-state index contributed by atoms with van der Waals surface area (Å²) in [6, 6.07) is 0.290. The predicted molar refractivity (Wildman–Crippen MR) is 90.5 cm³/mol. The molecule has 1 aromatic heterocycles. The van der Waals surface area contributed by atoms with Crippen molar-refractivity contribution in [3.05, 3.63) is 17.5 Å². The number of rotatable bonds is 5. The summed E-state index contributed by atoms with van der Waals surface area (Å²) >= 11 is 0. The number of nitrogens with zero attached hydrogens (tertiary/aromatic N) is 2. The van der Waals surface area contributed by atoms with Crippen LogP contribution in [0.2, 0.25) is 0 Å². The van der Waals surface area contributed by atoms with E-state index in [0.717, 1.165) is 43.7 Å². The lowest BCUT2D eigenvalue weighted by atomic mass is 9.67. The van der Waals surface area contributed by atoms with Crippen molar-refractivity contribution in [1.82, 2.24) is 9.97 Å². The molecule has 4 fully saturated rings. The monoisotopic (exact) mass is 330 g/mol. The Morgan fingerprint density at radius 1 is 1.29 bits per heavy atom. The molecule has 4 aliphatic rings. The maximum Gasteiger partial charge on any atom is 0.252 e. The number of carbonyl (C=O) groups is 1. The number of primary amides is 1. The van der Waals surface area contributed by atoms with Crippen LogP contribution in [-0.4, -0.2) is 33.1 Å². The highest BCUT2D eigenvalue weighted by molar-refractivity contribution is 5.93. The van der Waals surface area contributed by atoms with E-state index in [1.165, 1.54) is 25.7 Å². The van der Waals surface area contributed by atoms with E-state index >= 15 is 0 Å². The van der Waals surface area contributed by atoms with Gasteiger partial charge in [-0.15, -0.1) is 0 Å². The molecule has 4 saturated carbocycles. The number of amides is 1. The van der Waals surface area contributed by atoms with Gasteiger partial charge in [-0.25, -0.2) is 9.97 Å². The van der Waals surface area contributed by atoms with Crippen molar-refractivity contribution in [3.63, 3.8) is 0 Å². The van der Waals surface area contributed by atoms with E-state index in [4.69, 9.17) is 5.73 Å². The number of hydrogen-bond acceptors (Lipinski definition) is 5. The summed E-state index contributed by atoms with van der Waals surface area (Å²) in [5.74, 6) is 1.03. The highest BCUT2D eigenvalue weighted by atomic mass is 16.3. The Morgan fingerprint density at radius 3 is 2.67 bits per heavy atom. The lowest BCUT2D eigenvalue weighted by Crippen LogP contribution is -2.32. The third-order valence-corrected chi connectivity index (χ3v) is 6.23. The maximum atomic E-state index is 11.7. The van der Waals surface area contributed by atoms with Gasteiger partial charge in [0.15, 0.2) is 0 Å². The van der Waals surface area contributed by atoms with Crippen LogP contribution in [0, 0.1) is 11.3 Å². The summed E-state index contributed by atoms with van der Waals surface area (Å²) in [7, 11) is 0. The molecule has 1 heterocycles. The van der Waals surface area contributed by atoms with Gasteiger partial charge < -0.3 is 16.2 Å². The van der Waals surface area contributed by atoms with Crippen LogP contribution in [0.1, 0.15) is 67.4 Å². The Morgan fingerprint density at radius 2 is 2.04 bits per heavy atom. The smallest absolute Gasteiger partial charge is 0.252 e. The molecule has 1 aromatic rings. The van der Waals surface area contributed by atoms with Gasteiger partial charge in [0.2, 0.25) is 5.95 Å². The van der Waals surface area contributed by atoms with Gasteiger partial charge >= 0.3 is 0 Å². The maximum absolute atomic E-state index is 11.7. The molecule has 24 heavy (non-hydrogen) atoms. The second-order valence-corrected chi connectivity index (χ2v) is 8.06. The van der Waals surface area contributed by atoms with Crippen molar-refractivity contribution in [3.8, 4) is 0 Å². The first-order valence-electron chi connectivity index (χ1n) is 9.13. The van der Waals surface area contributed by atoms with E-state index in [9.17, 15) is 9.90 Å². The van der Waals surface area contributed by atoms with Crippen LogP contribution >= 0.6 is 0 Å². The number of anilines is 1. The minimum absolute atomic E-state index is 0.176. The third kappa shape index (κ3) is 2.99. The molecule has 0 saturated heterocycles. The van der Waals surface area contributed by atoms with Crippen LogP contribution in [0.25, 0.3) is 0 Å². The molecular formula is C18H26N4O2. The van der Waals surface area contributed by atoms with Gasteiger partial charge in [-0.1, -0.05) is 0 Å². The summed E-state index contributed by atoms with van der Waals surface area (Å²) in [4.78, 5) is 20.7. The molecule has 0 radical (unpaired) electrons. The first-order valence-corrected chi connectivity index (χ1v) is 9.13. The van der Waals surface area contributed by atoms with Crippen LogP contribution in [0.5, 0.6) is 0 Å². The second-order valence-electron chi connectivity index (χ2n) is 8.06. The molecule has 130 valence electrons. The molecule has 4 N–H and O–H groups in total. The molecule has 0 spiro atoms. The Hall–Kier alpha value is -1.69. The fourth-order valence-corrected chi connectivity index (χ4v) is 4.90. The van der Waals surface area contributed by atoms with Crippen molar-refractivity contribution < 1.29 is 9.90 Å². The van der Waals surface area contributed by atoms with E-state index in [1.54, 1.807) is 6.20 Å². The lowest BCUT2D eigenvalue weighted by Gasteiger charge is -2.38. The fourth-order valence-electron chi connectivity index (χ4n) is 4.90. The lowest BCUT2D eigenvalue weighted by molar-refractivity contribution is 0.0995. The van der Waals surface area contributed by atoms with Gasteiger partial charge in [-0.05, 0) is 69.1 Å². The predicted octanol–water partition coefficient (Wildman–Crippen LogP) is 2.02. The number of aliphatic hydroxyl groups excluding tert-OH is 1. The molecule has 0 aliphatic heterocycles. The summed E-state index contributed by atoms with van der Waals surface area (Å²) in [5, 5.41) is 13.0. The summed E-state index contributed by atoms with van der Waals surface area (Å²) in [6.07, 6.45) is 10.8. The Bertz CT molecular complexity index is 628. The Kier molecular flexibility index (Phi) is 3.95. The normalized spacial score (nSPS) is 34.6. The summed E-state index contributed by atoms with van der Waals surface area (Å²) < 4.78 is 0. The van der Waals surface area contributed by atoms with E-state index in [0.29, 0.717) is 23.0 Å². The number of nitrogens with one attached hydrogen (secondary N) is 1. The number of fused-ring (bicyclic) bond motifs is 1. The molecule has 5 rings (SSSR count). The summed E-state index contributed by atoms with van der Waals surface area (Å²) in [6.45, 7) is 0. The molecule has 0 aromatic carbocycles. The largest absolute Gasteiger partial charge is 0.393 e. The topological polar surface area (TPSA) is 101 Å². The minimum Gasteiger partial charge on any atom is -0.393 e. The number of aliphatic hydroxyl groups is 1. The van der Waals surface area contributed by atoms with Crippen LogP contribution in [0.15, 0.2) is 6.20 Å². The zero-order valence-corrected chi connectivity index (χ0v) is 14.0. The van der Waals surface area contributed by atoms with Crippen LogP contribution in [0.3, 0.4) is 0 Å². The van der Waals surface area contributed by atoms with E-state index in [-0.39, 0.29) is 6.10 Å². The van der Waals surface area contributed by atoms with Crippen molar-refractivity contribution in [2.24, 2.45) is 17.1 Å². The van der Waals surface area contributed by atoms with Gasteiger partial charge in [0, 0.05) is 12.2 Å². The average Bonchev–Trinajstić information content (AvgIpc) is 3.10. The van der Waals surface area contributed by atoms with Crippen molar-refractivity contribution >= 4 is 11.9 Å². The van der Waals surface area contributed by atoms with E-state index in [2.05, 4.69) is 15.3 Å². The first-order chi connectivity index (χ1) is 11.5. The molecule has 2 bridgehead atoms. The molecule has 0 unspecified atom stereocenters. The number of hydrogen-bond donors (Lipinski definition) is 3. The molecule has 6 heteroatoms. The van der Waals surface area contributed by atoms with Crippen LogP contribution in [0.4, 0.5) is 5.95 Å². The van der Waals surface area contributed by atoms with Gasteiger partial charge in [-0.2, -0.15) is 0 Å². The minimum atomic E-state index is -0.442. The zero-order chi connectivity index (χ0) is 16.7. The Balaban J connectivity index is 1.51. The first kappa shape index (κ1) is 15.8. The van der Waals surface area contributed by atoms with Gasteiger partial charge in [0.1, 0.15) is 0 Å². The molecule has 1 amide bonds. The van der Waals surface area contributed by atoms with E-state index < -0.39 is 5.91 Å². The van der Waals surface area contributed by atoms with Crippen LogP contribution < -0.4 is 11.1 Å². The third-order valence-electron chi connectivity index (χ3n) is 6.23. The van der Waals surface area contributed by atoms with Gasteiger partial charge in [-0.3, -0.25) is 4.79 Å². The van der Waals surface area contributed by atoms with Crippen molar-refractivity contribution in [1.29, 1.82) is 0 Å². The molecule has 6 nitrogen and oxygen atoms in total. The standard InChI is InChI=1S/C18H26N4O2/c19-16(24)14-10-20-17(21-12-1-3-13(23)4-2-12)22-15(14)9-18-6-5-11(7-18)8-18/h10-13,23H,1-9H2,(H2,19,24)(H,20,21,22). The second kappa shape index (κ2) is 5.99. The summed E-state index contributed by atoms with van der Waals surface area (Å²) in [5.41, 5.74) is 7.13. The zero-order valence-electron chi connectivity index (χ0n) is 14.0. The van der Waals surface area contributed by atoms with E-state index in [1.807, 2.05) is 0 Å². The number of carbonyl (C=O) groups excluding carboxylic acids is 1. The molecular weight excluding hydrogens is 304 g/mol. The number of nitrogens with two attached hydrogens (primary N) is 1. The average molecular weight is 330 g/mol. The van der Waals surface area contributed by atoms with Crippen molar-refractivity contribution in [2.45, 2.75) is 69.9 Å². The Labute approximate surface area is 142 Å². The highest BCUT2D eigenvalue weighted by Gasteiger charge is 2.50. The molecule has 0 atom stereocenters. The molecule has 4 aliphatic carbocycles. The highest BCUT2D eigenvalue weighted by Crippen LogP contribution is 2.60. The number of aromatic nitrogens is 2. The SMILES string of the molecule is NC(=O)c1cnc(NC2CCC(O)CC2)nc1CC12CCC(C1)C2. The van der Waals surface area contributed by atoms with Crippen molar-refractivity contribution in [2.75, 3.05) is 5.32 Å². The van der Waals surface area contributed by atoms with Gasteiger partial charge in [0.05, 0.1) is 17.4 Å².